The highest BCUT2D eigenvalue weighted by Crippen LogP contribution is 2.34. The monoisotopic (exact) mass is 665 g/mol. The van der Waals surface area contributed by atoms with Crippen molar-refractivity contribution < 1.29 is 12.8 Å². The van der Waals surface area contributed by atoms with Crippen LogP contribution >= 0.6 is 22.6 Å². The van der Waals surface area contributed by atoms with Gasteiger partial charge in [-0.05, 0) is 85.7 Å². The number of fused-ring (bicyclic) bond motifs is 1. The first-order valence-electron chi connectivity index (χ1n) is 12.2. The Morgan fingerprint density at radius 3 is 2.44 bits per heavy atom. The Hall–Kier alpha value is -3.46. The molecule has 1 fully saturated rings. The first kappa shape index (κ1) is 27.1. The number of anilines is 3. The number of aryl methyl sites for hydroxylation is 1. The Balaban J connectivity index is 1.88. The third-order valence-electron chi connectivity index (χ3n) is 6.70. The van der Waals surface area contributed by atoms with Crippen LogP contribution in [0.2, 0.25) is 0 Å². The van der Waals surface area contributed by atoms with Gasteiger partial charge in [-0.2, -0.15) is 0 Å². The van der Waals surface area contributed by atoms with Crippen molar-refractivity contribution in [2.45, 2.75) is 32.7 Å². The molecule has 204 valence electrons. The van der Waals surface area contributed by atoms with Gasteiger partial charge in [-0.25, -0.2) is 17.6 Å². The summed E-state index contributed by atoms with van der Waals surface area (Å²) in [4.78, 5) is 41.1. The highest BCUT2D eigenvalue weighted by Gasteiger charge is 2.31. The summed E-state index contributed by atoms with van der Waals surface area (Å²) in [5, 5.41) is 2.96. The molecule has 0 atom stereocenters. The van der Waals surface area contributed by atoms with Gasteiger partial charge in [0.15, 0.2) is 0 Å². The minimum atomic E-state index is -3.60. The van der Waals surface area contributed by atoms with Crippen molar-refractivity contribution in [1.82, 2.24) is 13.7 Å². The number of rotatable bonds is 7. The van der Waals surface area contributed by atoms with Crippen LogP contribution in [0.5, 0.6) is 0 Å². The maximum atomic E-state index is 14.8. The van der Waals surface area contributed by atoms with Gasteiger partial charge in [0.2, 0.25) is 10.0 Å². The van der Waals surface area contributed by atoms with E-state index in [1.807, 2.05) is 22.6 Å². The van der Waals surface area contributed by atoms with Gasteiger partial charge in [-0.1, -0.05) is 6.07 Å². The predicted octanol–water partition coefficient (Wildman–Crippen LogP) is 3.74. The fraction of sp³-hybridized carbons (Fsp3) is 0.269. The standard InChI is InChI=1S/C26H25FIN5O5S/c1-4-39(37,38)30-16-6-5-7-18(13-16)32-22-14(2)24(34)31(3)23(29-20-11-8-15(28)12-19(20)27)21(22)25(35)33(26(32)36)17-9-10-17/h5-8,11-13,17,29-30H,4,9-10H2,1-3H3. The number of benzene rings is 2. The van der Waals surface area contributed by atoms with Crippen molar-refractivity contribution in [2.75, 3.05) is 15.8 Å². The molecule has 2 aromatic carbocycles. The van der Waals surface area contributed by atoms with Gasteiger partial charge in [0.25, 0.3) is 11.1 Å². The molecular weight excluding hydrogens is 640 g/mol. The maximum absolute atomic E-state index is 14.8. The smallest absolute Gasteiger partial charge is 0.336 e. The lowest BCUT2D eigenvalue weighted by molar-refractivity contribution is 0.602. The van der Waals surface area contributed by atoms with Crippen molar-refractivity contribution in [3.05, 3.63) is 88.6 Å². The van der Waals surface area contributed by atoms with Gasteiger partial charge in [-0.15, -0.1) is 0 Å². The Bertz CT molecular complexity index is 1940. The van der Waals surface area contributed by atoms with Gasteiger partial charge in [0.05, 0.1) is 28.3 Å². The SMILES string of the molecule is CCS(=O)(=O)Nc1cccc(-n2c(=O)n(C3CC3)c(=O)c3c(Nc4ccc(I)cc4F)n(C)c(=O)c(C)c32)c1. The van der Waals surface area contributed by atoms with Gasteiger partial charge in [0, 0.05) is 22.2 Å². The summed E-state index contributed by atoms with van der Waals surface area (Å²) in [5.74, 6) is -0.683. The molecule has 0 radical (unpaired) electrons. The molecule has 13 heteroatoms. The molecule has 0 unspecified atom stereocenters. The summed E-state index contributed by atoms with van der Waals surface area (Å²) in [7, 11) is -2.13. The van der Waals surface area contributed by atoms with E-state index in [-0.39, 0.29) is 51.1 Å². The van der Waals surface area contributed by atoms with Crippen molar-refractivity contribution >= 4 is 60.7 Å². The van der Waals surface area contributed by atoms with Crippen LogP contribution in [0.3, 0.4) is 0 Å². The molecule has 2 aromatic heterocycles. The van der Waals surface area contributed by atoms with Crippen molar-refractivity contribution in [2.24, 2.45) is 7.05 Å². The summed E-state index contributed by atoms with van der Waals surface area (Å²) in [6, 6.07) is 10.4. The number of nitrogens with zero attached hydrogens (tertiary/aromatic N) is 3. The summed E-state index contributed by atoms with van der Waals surface area (Å²) < 4.78 is 46.0. The minimum absolute atomic E-state index is 0.0386. The normalized spacial score (nSPS) is 13.6. The molecule has 0 aliphatic heterocycles. The summed E-state index contributed by atoms with van der Waals surface area (Å²) >= 11 is 1.98. The molecular formula is C26H25FIN5O5S. The third-order valence-corrected chi connectivity index (χ3v) is 8.68. The van der Waals surface area contributed by atoms with E-state index in [1.54, 1.807) is 24.3 Å². The third kappa shape index (κ3) is 4.88. The lowest BCUT2D eigenvalue weighted by Gasteiger charge is -2.21. The number of hydrogen-bond donors (Lipinski definition) is 2. The second-order valence-corrected chi connectivity index (χ2v) is 12.6. The van der Waals surface area contributed by atoms with Crippen LogP contribution in [-0.2, 0) is 17.1 Å². The first-order chi connectivity index (χ1) is 18.4. The number of sulfonamides is 1. The molecule has 5 rings (SSSR count). The molecule has 1 saturated carbocycles. The molecule has 39 heavy (non-hydrogen) atoms. The van der Waals surface area contributed by atoms with Crippen LogP contribution in [0.25, 0.3) is 16.6 Å². The average Bonchev–Trinajstić information content (AvgIpc) is 3.71. The van der Waals surface area contributed by atoms with E-state index in [0.717, 1.165) is 4.57 Å². The highest BCUT2D eigenvalue weighted by molar-refractivity contribution is 14.1. The zero-order valence-electron chi connectivity index (χ0n) is 21.3. The predicted molar refractivity (Wildman–Crippen MR) is 158 cm³/mol. The average molecular weight is 665 g/mol. The van der Waals surface area contributed by atoms with Gasteiger partial charge in [-0.3, -0.25) is 28.0 Å². The summed E-state index contributed by atoms with van der Waals surface area (Å²) in [5.41, 5.74) is -0.987. The molecule has 2 N–H and O–H groups in total. The molecule has 0 amide bonds. The Morgan fingerprint density at radius 2 is 1.79 bits per heavy atom. The quantitative estimate of drug-likeness (QED) is 0.290. The fourth-order valence-corrected chi connectivity index (χ4v) is 5.62. The number of nitrogens with one attached hydrogen (secondary N) is 2. The van der Waals surface area contributed by atoms with Gasteiger partial charge in [0.1, 0.15) is 17.0 Å². The van der Waals surface area contributed by atoms with Crippen molar-refractivity contribution in [3.8, 4) is 5.69 Å². The van der Waals surface area contributed by atoms with Crippen molar-refractivity contribution in [1.29, 1.82) is 0 Å². The molecule has 1 aliphatic rings. The van der Waals surface area contributed by atoms with Crippen LogP contribution in [0, 0.1) is 16.3 Å². The fourth-order valence-electron chi connectivity index (χ4n) is 4.53. The van der Waals surface area contributed by atoms with Crippen LogP contribution in [-0.4, -0.2) is 27.9 Å². The van der Waals surface area contributed by atoms with E-state index >= 15 is 0 Å². The summed E-state index contributed by atoms with van der Waals surface area (Å²) in [6.45, 7) is 3.01. The second-order valence-electron chi connectivity index (χ2n) is 9.39. The molecule has 0 spiro atoms. The minimum Gasteiger partial charge on any atom is -0.338 e. The van der Waals surface area contributed by atoms with E-state index < -0.39 is 32.6 Å². The number of hydrogen-bond acceptors (Lipinski definition) is 6. The topological polar surface area (TPSA) is 124 Å². The Morgan fingerprint density at radius 1 is 1.08 bits per heavy atom. The molecule has 0 bridgehead atoms. The molecule has 2 heterocycles. The summed E-state index contributed by atoms with van der Waals surface area (Å²) in [6.07, 6.45) is 1.27. The largest absolute Gasteiger partial charge is 0.338 e. The zero-order valence-corrected chi connectivity index (χ0v) is 24.3. The van der Waals surface area contributed by atoms with E-state index in [4.69, 9.17) is 0 Å². The lowest BCUT2D eigenvalue weighted by atomic mass is 10.1. The Kier molecular flexibility index (Phi) is 6.91. The lowest BCUT2D eigenvalue weighted by Crippen LogP contribution is -2.41. The van der Waals surface area contributed by atoms with E-state index in [2.05, 4.69) is 10.0 Å². The number of pyridine rings is 1. The van der Waals surface area contributed by atoms with Crippen molar-refractivity contribution in [3.63, 3.8) is 0 Å². The number of halogens is 2. The van der Waals surface area contributed by atoms with Crippen LogP contribution in [0.4, 0.5) is 21.6 Å². The van der Waals surface area contributed by atoms with Gasteiger partial charge < -0.3 is 5.32 Å². The van der Waals surface area contributed by atoms with Gasteiger partial charge >= 0.3 is 5.69 Å². The molecule has 1 aliphatic carbocycles. The van der Waals surface area contributed by atoms with Crippen LogP contribution < -0.4 is 26.8 Å². The number of aromatic nitrogens is 3. The molecule has 4 aromatic rings. The van der Waals surface area contributed by atoms with E-state index in [9.17, 15) is 27.2 Å². The van der Waals surface area contributed by atoms with E-state index in [1.165, 1.54) is 48.2 Å². The first-order valence-corrected chi connectivity index (χ1v) is 14.9. The molecule has 0 saturated heterocycles. The van der Waals surface area contributed by atoms with E-state index in [0.29, 0.717) is 16.4 Å². The second kappa shape index (κ2) is 9.93. The van der Waals surface area contributed by atoms with Crippen LogP contribution in [0.1, 0.15) is 31.4 Å². The van der Waals surface area contributed by atoms with Crippen LogP contribution in [0.15, 0.2) is 56.8 Å². The highest BCUT2D eigenvalue weighted by atomic mass is 127. The molecule has 10 nitrogen and oxygen atoms in total. The zero-order chi connectivity index (χ0) is 28.2. The maximum Gasteiger partial charge on any atom is 0.336 e. The Labute approximate surface area is 236 Å².